The molecule has 0 aliphatic carbocycles. The molecule has 1 aromatic carbocycles. The summed E-state index contributed by atoms with van der Waals surface area (Å²) in [5.41, 5.74) is 1.31. The molecule has 1 aliphatic rings. The number of aromatic nitrogens is 2. The van der Waals surface area contributed by atoms with E-state index >= 15 is 0 Å². The van der Waals surface area contributed by atoms with Crippen molar-refractivity contribution in [1.29, 1.82) is 0 Å². The molecule has 9 nitrogen and oxygen atoms in total. The Morgan fingerprint density at radius 2 is 1.77 bits per heavy atom. The van der Waals surface area contributed by atoms with Crippen molar-refractivity contribution in [3.8, 4) is 0 Å². The summed E-state index contributed by atoms with van der Waals surface area (Å²) in [6.45, 7) is 6.58. The van der Waals surface area contributed by atoms with Crippen LogP contribution in [0.3, 0.4) is 0 Å². The molecule has 1 atom stereocenters. The van der Waals surface area contributed by atoms with Crippen LogP contribution in [-0.4, -0.2) is 79.8 Å². The summed E-state index contributed by atoms with van der Waals surface area (Å²) in [6.07, 6.45) is 3.44. The first-order chi connectivity index (χ1) is 14.2. The number of anilines is 2. The molecule has 0 unspecified atom stereocenters. The van der Waals surface area contributed by atoms with Crippen LogP contribution in [0.25, 0.3) is 0 Å². The fourth-order valence-electron chi connectivity index (χ4n) is 3.27. The molecule has 162 valence electrons. The Hall–Kier alpha value is -2.56. The number of nitrogens with zero attached hydrogens (tertiary/aromatic N) is 5. The smallest absolute Gasteiger partial charge is 0.242 e. The third kappa shape index (κ3) is 4.77. The number of carbonyl (C=O) groups is 1. The third-order valence-corrected chi connectivity index (χ3v) is 7.13. The van der Waals surface area contributed by atoms with Crippen LogP contribution in [0.4, 0.5) is 11.6 Å². The number of aryl methyl sites for hydroxylation is 1. The molecule has 1 N–H and O–H groups in total. The Morgan fingerprint density at radius 3 is 2.37 bits per heavy atom. The second kappa shape index (κ2) is 9.07. The molecular weight excluding hydrogens is 404 g/mol. The summed E-state index contributed by atoms with van der Waals surface area (Å²) in [4.78, 5) is 25.8. The molecule has 0 spiro atoms. The average molecular weight is 433 g/mol. The number of nitrogens with one attached hydrogen (secondary N) is 1. The molecule has 10 heteroatoms. The topological polar surface area (TPSA) is 98.7 Å². The van der Waals surface area contributed by atoms with Gasteiger partial charge in [0.05, 0.1) is 10.9 Å². The van der Waals surface area contributed by atoms with Crippen LogP contribution in [0.1, 0.15) is 12.5 Å². The first-order valence-electron chi connectivity index (χ1n) is 9.80. The normalized spacial score (nSPS) is 16.5. The Bertz CT molecular complexity index is 989. The average Bonchev–Trinajstić information content (AvgIpc) is 2.75. The van der Waals surface area contributed by atoms with E-state index in [1.54, 1.807) is 30.6 Å². The van der Waals surface area contributed by atoms with Crippen molar-refractivity contribution in [3.05, 3.63) is 42.2 Å². The lowest BCUT2D eigenvalue weighted by molar-refractivity contribution is -0.120. The number of amides is 1. The molecular formula is C20H28N6O3S. The van der Waals surface area contributed by atoms with Crippen LogP contribution < -0.4 is 10.2 Å². The van der Waals surface area contributed by atoms with Gasteiger partial charge in [0.25, 0.3) is 0 Å². The highest BCUT2D eigenvalue weighted by Crippen LogP contribution is 2.22. The van der Waals surface area contributed by atoms with Crippen LogP contribution in [0, 0.1) is 6.92 Å². The fraction of sp³-hybridized carbons (Fsp3) is 0.450. The summed E-state index contributed by atoms with van der Waals surface area (Å²) >= 11 is 0. The van der Waals surface area contributed by atoms with Crippen molar-refractivity contribution in [2.45, 2.75) is 24.8 Å². The van der Waals surface area contributed by atoms with E-state index in [1.807, 2.05) is 13.8 Å². The van der Waals surface area contributed by atoms with Crippen LogP contribution in [0.2, 0.25) is 0 Å². The predicted molar refractivity (Wildman–Crippen MR) is 116 cm³/mol. The Morgan fingerprint density at radius 1 is 1.13 bits per heavy atom. The van der Waals surface area contributed by atoms with Crippen LogP contribution in [-0.2, 0) is 14.8 Å². The van der Waals surface area contributed by atoms with E-state index in [4.69, 9.17) is 0 Å². The predicted octanol–water partition coefficient (Wildman–Crippen LogP) is 1.18. The monoisotopic (exact) mass is 432 g/mol. The van der Waals surface area contributed by atoms with Crippen molar-refractivity contribution >= 4 is 27.6 Å². The summed E-state index contributed by atoms with van der Waals surface area (Å²) in [5, 5.41) is 2.90. The lowest BCUT2D eigenvalue weighted by Gasteiger charge is -2.37. The zero-order chi connectivity index (χ0) is 21.9. The lowest BCUT2D eigenvalue weighted by atomic mass is 10.1. The highest BCUT2D eigenvalue weighted by molar-refractivity contribution is 7.89. The molecule has 1 aromatic heterocycles. The summed E-state index contributed by atoms with van der Waals surface area (Å²) in [5.74, 6) is 0.533. The van der Waals surface area contributed by atoms with E-state index in [9.17, 15) is 13.2 Å². The number of hydrogen-bond donors (Lipinski definition) is 1. The van der Waals surface area contributed by atoms with Gasteiger partial charge in [0.15, 0.2) is 0 Å². The van der Waals surface area contributed by atoms with Gasteiger partial charge < -0.3 is 10.2 Å². The van der Waals surface area contributed by atoms with Crippen LogP contribution in [0.15, 0.2) is 41.6 Å². The van der Waals surface area contributed by atoms with Crippen LogP contribution >= 0.6 is 0 Å². The van der Waals surface area contributed by atoms with Crippen molar-refractivity contribution in [2.75, 3.05) is 50.5 Å². The lowest BCUT2D eigenvalue weighted by Crippen LogP contribution is -2.53. The Balaban J connectivity index is 1.65. The first-order valence-corrected chi connectivity index (χ1v) is 11.2. The van der Waals surface area contributed by atoms with Gasteiger partial charge in [-0.2, -0.15) is 0 Å². The SMILES string of the molecule is Cc1ccc(S(=O)(=O)N(C)C)cc1NC(=O)[C@@H](C)N1CCN(c2ncccn2)CC1. The Labute approximate surface area is 177 Å². The maximum Gasteiger partial charge on any atom is 0.242 e. The standard InChI is InChI=1S/C20H28N6O3S/c1-15-6-7-17(30(28,29)24(3)4)14-18(15)23-19(27)16(2)25-10-12-26(13-11-25)20-21-8-5-9-22-20/h5-9,14,16H,10-13H2,1-4H3,(H,23,27)/t16-/m1/s1. The van der Waals surface area contributed by atoms with Crippen molar-refractivity contribution in [2.24, 2.45) is 0 Å². The van der Waals surface area contributed by atoms with Gasteiger partial charge in [0.1, 0.15) is 0 Å². The van der Waals surface area contributed by atoms with E-state index in [2.05, 4.69) is 25.1 Å². The van der Waals surface area contributed by atoms with Gasteiger partial charge in [-0.1, -0.05) is 6.07 Å². The van der Waals surface area contributed by atoms with E-state index in [-0.39, 0.29) is 16.8 Å². The van der Waals surface area contributed by atoms with E-state index < -0.39 is 10.0 Å². The van der Waals surface area contributed by atoms with Crippen molar-refractivity contribution < 1.29 is 13.2 Å². The molecule has 2 heterocycles. The Kier molecular flexibility index (Phi) is 6.69. The number of sulfonamides is 1. The largest absolute Gasteiger partial charge is 0.338 e. The van der Waals surface area contributed by atoms with Gasteiger partial charge in [-0.05, 0) is 37.6 Å². The molecule has 1 aliphatic heterocycles. The minimum absolute atomic E-state index is 0.150. The van der Waals surface area contributed by atoms with Gasteiger partial charge in [0.2, 0.25) is 21.9 Å². The first kappa shape index (κ1) is 22.1. The summed E-state index contributed by atoms with van der Waals surface area (Å²) in [7, 11) is -0.607. The van der Waals surface area contributed by atoms with E-state index in [0.29, 0.717) is 24.7 Å². The molecule has 0 bridgehead atoms. The summed E-state index contributed by atoms with van der Waals surface area (Å²) in [6, 6.07) is 6.20. The number of carbonyl (C=O) groups excluding carboxylic acids is 1. The fourth-order valence-corrected chi connectivity index (χ4v) is 4.20. The van der Waals surface area contributed by atoms with Crippen molar-refractivity contribution in [1.82, 2.24) is 19.2 Å². The second-order valence-corrected chi connectivity index (χ2v) is 9.65. The highest BCUT2D eigenvalue weighted by atomic mass is 32.2. The number of hydrogen-bond acceptors (Lipinski definition) is 7. The van der Waals surface area contributed by atoms with Gasteiger partial charge >= 0.3 is 0 Å². The van der Waals surface area contributed by atoms with Crippen molar-refractivity contribution in [3.63, 3.8) is 0 Å². The molecule has 30 heavy (non-hydrogen) atoms. The highest BCUT2D eigenvalue weighted by Gasteiger charge is 2.27. The second-order valence-electron chi connectivity index (χ2n) is 7.50. The molecule has 3 rings (SSSR count). The van der Waals surface area contributed by atoms with Gasteiger partial charge in [0, 0.05) is 58.4 Å². The number of piperazine rings is 1. The molecule has 0 saturated carbocycles. The van der Waals surface area contributed by atoms with Gasteiger partial charge in [-0.3, -0.25) is 9.69 Å². The van der Waals surface area contributed by atoms with E-state index in [0.717, 1.165) is 23.0 Å². The molecule has 1 fully saturated rings. The molecule has 0 radical (unpaired) electrons. The van der Waals surface area contributed by atoms with Gasteiger partial charge in [-0.25, -0.2) is 22.7 Å². The zero-order valence-corrected chi connectivity index (χ0v) is 18.6. The zero-order valence-electron chi connectivity index (χ0n) is 17.7. The van der Waals surface area contributed by atoms with Crippen LogP contribution in [0.5, 0.6) is 0 Å². The minimum atomic E-state index is -3.57. The summed E-state index contributed by atoms with van der Waals surface area (Å²) < 4.78 is 26.0. The van der Waals surface area contributed by atoms with Gasteiger partial charge in [-0.15, -0.1) is 0 Å². The molecule has 2 aromatic rings. The molecule has 1 saturated heterocycles. The number of rotatable bonds is 6. The quantitative estimate of drug-likeness (QED) is 0.732. The number of benzene rings is 1. The maximum atomic E-state index is 12.9. The van der Waals surface area contributed by atoms with E-state index in [1.165, 1.54) is 20.2 Å². The minimum Gasteiger partial charge on any atom is -0.338 e. The third-order valence-electron chi connectivity index (χ3n) is 5.32. The maximum absolute atomic E-state index is 12.9. The molecule has 1 amide bonds.